The van der Waals surface area contributed by atoms with Gasteiger partial charge in [-0.3, -0.25) is 0 Å². The molecule has 1 aliphatic rings. The molecule has 0 atom stereocenters. The number of benzene rings is 1. The molecule has 1 fully saturated rings. The molecule has 0 bridgehead atoms. The predicted octanol–water partition coefficient (Wildman–Crippen LogP) is 1.92. The van der Waals surface area contributed by atoms with Gasteiger partial charge in [0.05, 0.1) is 0 Å². The van der Waals surface area contributed by atoms with Crippen LogP contribution in [0, 0.1) is 6.92 Å². The van der Waals surface area contributed by atoms with Crippen LogP contribution in [0.4, 0.5) is 24.3 Å². The van der Waals surface area contributed by atoms with Crippen molar-refractivity contribution in [1.29, 1.82) is 0 Å². The molecule has 0 saturated carbocycles. The third-order valence-corrected chi connectivity index (χ3v) is 3.47. The van der Waals surface area contributed by atoms with Gasteiger partial charge >= 0.3 is 6.98 Å². The minimum Gasteiger partial charge on any atom is -0.449 e. The molecule has 19 heavy (non-hydrogen) atoms. The van der Waals surface area contributed by atoms with E-state index in [9.17, 15) is 12.9 Å². The highest BCUT2D eigenvalue weighted by Gasteiger charge is 2.25. The number of nitrogen functional groups attached to an aromatic ring is 1. The average Bonchev–Trinajstić information content (AvgIpc) is 2.34. The number of nitrogens with one attached hydrogen (secondary N) is 1. The monoisotopic (exact) mass is 272 g/mol. The summed E-state index contributed by atoms with van der Waals surface area (Å²) < 4.78 is 37.9. The zero-order valence-electron chi connectivity index (χ0n) is 10.9. The lowest BCUT2D eigenvalue weighted by molar-refractivity contribution is 0.468. The Hall–Kier alpha value is -1.37. The van der Waals surface area contributed by atoms with Crippen molar-refractivity contribution in [2.45, 2.75) is 13.2 Å². The lowest BCUT2D eigenvalue weighted by Crippen LogP contribution is -2.43. The Labute approximate surface area is 111 Å². The van der Waals surface area contributed by atoms with Crippen LogP contribution in [0.1, 0.15) is 11.1 Å². The molecule has 3 N–H and O–H groups in total. The van der Waals surface area contributed by atoms with E-state index in [1.807, 2.05) is 0 Å². The third-order valence-electron chi connectivity index (χ3n) is 3.47. The molecule has 1 saturated heterocycles. The van der Waals surface area contributed by atoms with E-state index in [2.05, 4.69) is 10.2 Å². The van der Waals surface area contributed by atoms with Crippen LogP contribution in [-0.2, 0) is 6.32 Å². The van der Waals surface area contributed by atoms with Crippen molar-refractivity contribution in [1.82, 2.24) is 5.32 Å². The van der Waals surface area contributed by atoms with Crippen LogP contribution < -0.4 is 16.0 Å². The first-order valence-electron chi connectivity index (χ1n) is 6.42. The van der Waals surface area contributed by atoms with Gasteiger partial charge in [0.1, 0.15) is 0 Å². The van der Waals surface area contributed by atoms with Crippen LogP contribution in [0.2, 0.25) is 0 Å². The van der Waals surface area contributed by atoms with Crippen LogP contribution in [0.5, 0.6) is 0 Å². The number of halogens is 3. The summed E-state index contributed by atoms with van der Waals surface area (Å²) >= 11 is 0. The number of hydrogen-bond donors (Lipinski definition) is 2. The van der Waals surface area contributed by atoms with Gasteiger partial charge in [-0.05, 0) is 24.6 Å². The SMILES string of the molecule is Cc1c(N)cc(N2CCNCC2)cc1C[B-](F)(F)F. The molecular formula is C12H18BF3N3-. The van der Waals surface area contributed by atoms with Crippen LogP contribution in [-0.4, -0.2) is 33.2 Å². The van der Waals surface area contributed by atoms with Gasteiger partial charge in [0, 0.05) is 37.6 Å². The molecule has 7 heteroatoms. The number of nitrogens with zero attached hydrogens (tertiary/aromatic N) is 1. The molecule has 3 nitrogen and oxygen atoms in total. The summed E-state index contributed by atoms with van der Waals surface area (Å²) in [6.45, 7) is 0.0676. The Morgan fingerprint density at radius 2 is 1.89 bits per heavy atom. The molecular weight excluding hydrogens is 254 g/mol. The Morgan fingerprint density at radius 3 is 2.47 bits per heavy atom. The fourth-order valence-electron chi connectivity index (χ4n) is 2.35. The van der Waals surface area contributed by atoms with Crippen molar-refractivity contribution >= 4 is 18.4 Å². The van der Waals surface area contributed by atoms with Crippen LogP contribution >= 0.6 is 0 Å². The zero-order chi connectivity index (χ0) is 14.0. The molecule has 1 aromatic carbocycles. The summed E-state index contributed by atoms with van der Waals surface area (Å²) in [5.41, 5.74) is 7.90. The van der Waals surface area contributed by atoms with E-state index in [4.69, 9.17) is 5.73 Å². The first-order chi connectivity index (χ1) is 8.87. The molecule has 0 aliphatic carbocycles. The van der Waals surface area contributed by atoms with E-state index in [1.54, 1.807) is 19.1 Å². The van der Waals surface area contributed by atoms with Gasteiger partial charge in [-0.1, -0.05) is 11.9 Å². The number of rotatable bonds is 3. The Balaban J connectivity index is 2.30. The quantitative estimate of drug-likeness (QED) is 0.652. The third kappa shape index (κ3) is 3.56. The number of hydrogen-bond acceptors (Lipinski definition) is 3. The van der Waals surface area contributed by atoms with E-state index < -0.39 is 13.3 Å². The highest BCUT2D eigenvalue weighted by molar-refractivity contribution is 6.57. The molecule has 1 aliphatic heterocycles. The van der Waals surface area contributed by atoms with E-state index >= 15 is 0 Å². The lowest BCUT2D eigenvalue weighted by Gasteiger charge is -2.31. The van der Waals surface area contributed by atoms with E-state index in [0.717, 1.165) is 31.9 Å². The van der Waals surface area contributed by atoms with Gasteiger partial charge in [-0.2, -0.15) is 0 Å². The molecule has 0 spiro atoms. The molecule has 0 unspecified atom stereocenters. The number of nitrogens with two attached hydrogens (primary N) is 1. The summed E-state index contributed by atoms with van der Waals surface area (Å²) in [4.78, 5) is 2.07. The maximum Gasteiger partial charge on any atom is 0.482 e. The first kappa shape index (κ1) is 14.1. The second kappa shape index (κ2) is 5.32. The zero-order valence-corrected chi connectivity index (χ0v) is 10.9. The Bertz CT molecular complexity index is 456. The van der Waals surface area contributed by atoms with Crippen LogP contribution in [0.25, 0.3) is 0 Å². The van der Waals surface area contributed by atoms with Crippen molar-refractivity contribution in [3.05, 3.63) is 23.3 Å². The summed E-state index contributed by atoms with van der Waals surface area (Å²) in [6.07, 6.45) is -0.865. The number of piperazine rings is 1. The van der Waals surface area contributed by atoms with E-state index in [0.29, 0.717) is 16.8 Å². The van der Waals surface area contributed by atoms with Crippen LogP contribution in [0.15, 0.2) is 12.1 Å². The summed E-state index contributed by atoms with van der Waals surface area (Å²) in [5, 5.41) is 3.21. The largest absolute Gasteiger partial charge is 0.482 e. The summed E-state index contributed by atoms with van der Waals surface area (Å²) in [7, 11) is 0. The smallest absolute Gasteiger partial charge is 0.449 e. The molecule has 0 amide bonds. The van der Waals surface area contributed by atoms with Crippen molar-refractivity contribution < 1.29 is 12.9 Å². The van der Waals surface area contributed by atoms with E-state index in [-0.39, 0.29) is 0 Å². The molecule has 2 rings (SSSR count). The maximum atomic E-state index is 12.6. The molecule has 106 valence electrons. The minimum atomic E-state index is -4.84. The Kier molecular flexibility index (Phi) is 3.94. The van der Waals surface area contributed by atoms with Gasteiger partial charge in [0.2, 0.25) is 0 Å². The van der Waals surface area contributed by atoms with Gasteiger partial charge in [0.25, 0.3) is 0 Å². The second-order valence-electron chi connectivity index (χ2n) is 4.97. The molecule has 1 aromatic rings. The summed E-state index contributed by atoms with van der Waals surface area (Å²) in [5.74, 6) is 0. The van der Waals surface area contributed by atoms with Crippen molar-refractivity contribution in [3.8, 4) is 0 Å². The summed E-state index contributed by atoms with van der Waals surface area (Å²) in [6, 6.07) is 3.40. The topological polar surface area (TPSA) is 41.3 Å². The fourth-order valence-corrected chi connectivity index (χ4v) is 2.35. The molecule has 0 radical (unpaired) electrons. The van der Waals surface area contributed by atoms with Crippen molar-refractivity contribution in [3.63, 3.8) is 0 Å². The molecule has 1 heterocycles. The van der Waals surface area contributed by atoms with Gasteiger partial charge in [-0.25, -0.2) is 0 Å². The minimum absolute atomic E-state index is 0.293. The van der Waals surface area contributed by atoms with Crippen LogP contribution in [0.3, 0.4) is 0 Å². The van der Waals surface area contributed by atoms with Gasteiger partial charge < -0.3 is 28.9 Å². The first-order valence-corrected chi connectivity index (χ1v) is 6.42. The highest BCUT2D eigenvalue weighted by Crippen LogP contribution is 2.28. The number of anilines is 2. The molecule has 0 aromatic heterocycles. The normalized spacial score (nSPS) is 16.7. The predicted molar refractivity (Wildman–Crippen MR) is 73.5 cm³/mol. The van der Waals surface area contributed by atoms with Gasteiger partial charge in [0.15, 0.2) is 0 Å². The fraction of sp³-hybridized carbons (Fsp3) is 0.500. The lowest BCUT2D eigenvalue weighted by atomic mass is 9.80. The maximum absolute atomic E-state index is 12.6. The van der Waals surface area contributed by atoms with Crippen molar-refractivity contribution in [2.75, 3.05) is 36.8 Å². The highest BCUT2D eigenvalue weighted by atomic mass is 19.4. The van der Waals surface area contributed by atoms with Crippen molar-refractivity contribution in [2.24, 2.45) is 0 Å². The second-order valence-corrected chi connectivity index (χ2v) is 4.97. The van der Waals surface area contributed by atoms with E-state index in [1.165, 1.54) is 0 Å². The Morgan fingerprint density at radius 1 is 1.26 bits per heavy atom. The standard InChI is InChI=1S/C12H18BF3N3/c1-9-10(8-13(14,15)16)6-11(7-12(9)17)19-4-2-18-3-5-19/h6-7,18H,2-5,8,17H2,1H3/q-1. The van der Waals surface area contributed by atoms with Gasteiger partial charge in [-0.15, -0.1) is 0 Å². The average molecular weight is 272 g/mol.